The lowest BCUT2D eigenvalue weighted by Gasteiger charge is -2.10. The van der Waals surface area contributed by atoms with E-state index in [2.05, 4.69) is 20.6 Å². The van der Waals surface area contributed by atoms with Crippen LogP contribution in [0.1, 0.15) is 5.56 Å². The molecule has 0 spiro atoms. The van der Waals surface area contributed by atoms with Crippen LogP contribution < -0.4 is 10.6 Å². The van der Waals surface area contributed by atoms with Crippen molar-refractivity contribution in [3.8, 4) is 0 Å². The molecule has 3 aromatic rings. The number of imidazole rings is 1. The van der Waals surface area contributed by atoms with Gasteiger partial charge >= 0.3 is 0 Å². The fourth-order valence-corrected chi connectivity index (χ4v) is 2.18. The van der Waals surface area contributed by atoms with Gasteiger partial charge in [-0.15, -0.1) is 0 Å². The van der Waals surface area contributed by atoms with Gasteiger partial charge < -0.3 is 19.8 Å². The highest BCUT2D eigenvalue weighted by Crippen LogP contribution is 2.21. The van der Waals surface area contributed by atoms with Gasteiger partial charge in [0.25, 0.3) is 0 Å². The van der Waals surface area contributed by atoms with Crippen LogP contribution in [0.15, 0.2) is 42.9 Å². The predicted molar refractivity (Wildman–Crippen MR) is 83.0 cm³/mol. The highest BCUT2D eigenvalue weighted by atomic mass is 16.5. The number of fused-ring (bicyclic) bond motifs is 1. The van der Waals surface area contributed by atoms with E-state index in [4.69, 9.17) is 4.74 Å². The van der Waals surface area contributed by atoms with E-state index in [1.807, 2.05) is 48.1 Å². The second-order valence-electron chi connectivity index (χ2n) is 4.64. The minimum Gasteiger partial charge on any atom is -0.380 e. The van der Waals surface area contributed by atoms with Gasteiger partial charge in [-0.25, -0.2) is 9.97 Å². The number of hydrogen-bond acceptors (Lipinski definition) is 5. The second-order valence-corrected chi connectivity index (χ2v) is 4.64. The zero-order valence-corrected chi connectivity index (χ0v) is 12.0. The summed E-state index contributed by atoms with van der Waals surface area (Å²) in [5.74, 6) is 1.48. The smallest absolute Gasteiger partial charge is 0.180 e. The molecule has 0 atom stereocenters. The first-order valence-corrected chi connectivity index (χ1v) is 6.66. The predicted octanol–water partition coefficient (Wildman–Crippen LogP) is 2.66. The van der Waals surface area contributed by atoms with E-state index in [0.717, 1.165) is 22.7 Å². The highest BCUT2D eigenvalue weighted by Gasteiger charge is 2.07. The first-order chi connectivity index (χ1) is 10.3. The van der Waals surface area contributed by atoms with E-state index in [-0.39, 0.29) is 0 Å². The number of ether oxygens (including phenoxy) is 1. The molecule has 6 heteroatoms. The van der Waals surface area contributed by atoms with Gasteiger partial charge in [-0.05, 0) is 17.7 Å². The summed E-state index contributed by atoms with van der Waals surface area (Å²) in [4.78, 5) is 8.86. The maximum absolute atomic E-state index is 5.16. The number of methoxy groups -OCH3 is 1. The van der Waals surface area contributed by atoms with Crippen LogP contribution in [-0.4, -0.2) is 28.5 Å². The topological polar surface area (TPSA) is 63.5 Å². The van der Waals surface area contributed by atoms with Crippen molar-refractivity contribution in [1.29, 1.82) is 0 Å². The molecular formula is C15H17N5O. The zero-order chi connectivity index (χ0) is 14.7. The van der Waals surface area contributed by atoms with Gasteiger partial charge in [-0.1, -0.05) is 12.1 Å². The molecule has 2 aromatic heterocycles. The number of nitrogens with one attached hydrogen (secondary N) is 2. The highest BCUT2D eigenvalue weighted by molar-refractivity contribution is 5.71. The third kappa shape index (κ3) is 2.80. The van der Waals surface area contributed by atoms with Crippen LogP contribution in [0, 0.1) is 0 Å². The van der Waals surface area contributed by atoms with Gasteiger partial charge in [0.1, 0.15) is 5.82 Å². The Morgan fingerprint density at radius 2 is 2.24 bits per heavy atom. The molecule has 0 radical (unpaired) electrons. The van der Waals surface area contributed by atoms with Crippen LogP contribution in [0.2, 0.25) is 0 Å². The molecule has 0 bridgehead atoms. The Labute approximate surface area is 122 Å². The molecule has 0 amide bonds. The summed E-state index contributed by atoms with van der Waals surface area (Å²) in [6.45, 7) is 0.582. The largest absolute Gasteiger partial charge is 0.380 e. The van der Waals surface area contributed by atoms with E-state index >= 15 is 0 Å². The Balaban J connectivity index is 1.97. The summed E-state index contributed by atoms with van der Waals surface area (Å²) in [6.07, 6.45) is 5.54. The molecule has 0 aliphatic heterocycles. The maximum atomic E-state index is 5.16. The first-order valence-electron chi connectivity index (χ1n) is 6.66. The molecule has 0 fully saturated rings. The Morgan fingerprint density at radius 3 is 3.05 bits per heavy atom. The monoisotopic (exact) mass is 283 g/mol. The molecule has 1 aromatic carbocycles. The molecule has 108 valence electrons. The van der Waals surface area contributed by atoms with Crippen LogP contribution in [-0.2, 0) is 11.3 Å². The average molecular weight is 283 g/mol. The zero-order valence-electron chi connectivity index (χ0n) is 12.0. The fraction of sp³-hybridized carbons (Fsp3) is 0.200. The van der Waals surface area contributed by atoms with E-state index in [9.17, 15) is 0 Å². The minimum absolute atomic E-state index is 0.582. The van der Waals surface area contributed by atoms with E-state index in [1.54, 1.807) is 13.3 Å². The maximum Gasteiger partial charge on any atom is 0.180 e. The summed E-state index contributed by atoms with van der Waals surface area (Å²) < 4.78 is 7.09. The van der Waals surface area contributed by atoms with Crippen molar-refractivity contribution in [3.63, 3.8) is 0 Å². The SMILES string of the molecule is CNc1cn2ccnc2c(Nc2cccc(COC)c2)n1. The van der Waals surface area contributed by atoms with Crippen molar-refractivity contribution in [3.05, 3.63) is 48.4 Å². The number of nitrogens with zero attached hydrogens (tertiary/aromatic N) is 3. The van der Waals surface area contributed by atoms with Crippen molar-refractivity contribution in [2.75, 3.05) is 24.8 Å². The second kappa shape index (κ2) is 5.80. The molecule has 0 unspecified atom stereocenters. The third-order valence-corrected chi connectivity index (χ3v) is 3.13. The number of benzene rings is 1. The molecular weight excluding hydrogens is 266 g/mol. The van der Waals surface area contributed by atoms with Gasteiger partial charge in [-0.2, -0.15) is 0 Å². The summed E-state index contributed by atoms with van der Waals surface area (Å²) in [5, 5.41) is 6.36. The third-order valence-electron chi connectivity index (χ3n) is 3.13. The number of hydrogen-bond donors (Lipinski definition) is 2. The molecule has 21 heavy (non-hydrogen) atoms. The molecule has 2 heterocycles. The number of aromatic nitrogens is 3. The lowest BCUT2D eigenvalue weighted by Crippen LogP contribution is -2.02. The van der Waals surface area contributed by atoms with Crippen LogP contribution in [0.25, 0.3) is 5.65 Å². The normalized spacial score (nSPS) is 10.8. The van der Waals surface area contributed by atoms with Gasteiger partial charge in [0.05, 0.1) is 12.8 Å². The van der Waals surface area contributed by atoms with E-state index < -0.39 is 0 Å². The molecule has 0 aliphatic rings. The van der Waals surface area contributed by atoms with Crippen molar-refractivity contribution in [1.82, 2.24) is 14.4 Å². The van der Waals surface area contributed by atoms with Crippen LogP contribution >= 0.6 is 0 Å². The molecule has 3 rings (SSSR count). The van der Waals surface area contributed by atoms with Crippen molar-refractivity contribution < 1.29 is 4.74 Å². The Hall–Kier alpha value is -2.60. The van der Waals surface area contributed by atoms with Crippen LogP contribution in [0.3, 0.4) is 0 Å². The lowest BCUT2D eigenvalue weighted by atomic mass is 10.2. The van der Waals surface area contributed by atoms with Gasteiger partial charge in [0.2, 0.25) is 0 Å². The van der Waals surface area contributed by atoms with Crippen molar-refractivity contribution in [2.24, 2.45) is 0 Å². The van der Waals surface area contributed by atoms with Crippen LogP contribution in [0.4, 0.5) is 17.3 Å². The number of anilines is 3. The molecule has 6 nitrogen and oxygen atoms in total. The lowest BCUT2D eigenvalue weighted by molar-refractivity contribution is 0.185. The van der Waals surface area contributed by atoms with E-state index in [1.165, 1.54) is 0 Å². The standard InChI is InChI=1S/C15H17N5O/c1-16-13-9-20-7-6-17-15(20)14(19-13)18-12-5-3-4-11(8-12)10-21-2/h3-9,16H,10H2,1-2H3,(H,18,19). The quantitative estimate of drug-likeness (QED) is 0.753. The molecule has 2 N–H and O–H groups in total. The first kappa shape index (κ1) is 13.4. The average Bonchev–Trinajstić information content (AvgIpc) is 2.96. The molecule has 0 aliphatic carbocycles. The summed E-state index contributed by atoms with van der Waals surface area (Å²) >= 11 is 0. The molecule has 0 saturated heterocycles. The minimum atomic E-state index is 0.582. The summed E-state index contributed by atoms with van der Waals surface area (Å²) in [5.41, 5.74) is 2.84. The van der Waals surface area contributed by atoms with Crippen molar-refractivity contribution in [2.45, 2.75) is 6.61 Å². The Bertz CT molecular complexity index is 753. The summed E-state index contributed by atoms with van der Waals surface area (Å²) in [7, 11) is 3.53. The molecule has 0 saturated carbocycles. The van der Waals surface area contributed by atoms with Gasteiger partial charge in [-0.3, -0.25) is 0 Å². The van der Waals surface area contributed by atoms with Gasteiger partial charge in [0.15, 0.2) is 11.5 Å². The number of rotatable bonds is 5. The fourth-order valence-electron chi connectivity index (χ4n) is 2.18. The van der Waals surface area contributed by atoms with Crippen LogP contribution in [0.5, 0.6) is 0 Å². The van der Waals surface area contributed by atoms with Crippen molar-refractivity contribution >= 4 is 23.0 Å². The summed E-state index contributed by atoms with van der Waals surface area (Å²) in [6, 6.07) is 8.04. The van der Waals surface area contributed by atoms with Gasteiger partial charge in [0, 0.05) is 32.2 Å². The van der Waals surface area contributed by atoms with E-state index in [0.29, 0.717) is 12.4 Å². The Kier molecular flexibility index (Phi) is 3.70. The Morgan fingerprint density at radius 1 is 1.33 bits per heavy atom.